The standard InChI is InChI=1S/C14H17N3O/c1-2-9(1)14-16-11-4-3-10(7-12(11)17-14)13-8-15-5-6-18-13/h3-4,7,9,13,15H,1-2,5-6,8H2,(H,16,17). The van der Waals surface area contributed by atoms with Crippen molar-refractivity contribution >= 4 is 11.0 Å². The van der Waals surface area contributed by atoms with Crippen molar-refractivity contribution < 1.29 is 4.74 Å². The largest absolute Gasteiger partial charge is 0.371 e. The fourth-order valence-electron chi connectivity index (χ4n) is 2.58. The summed E-state index contributed by atoms with van der Waals surface area (Å²) in [5, 5.41) is 3.36. The number of morpholine rings is 1. The molecule has 1 aromatic carbocycles. The molecule has 1 saturated heterocycles. The first-order valence-corrected chi connectivity index (χ1v) is 6.72. The molecule has 1 atom stereocenters. The van der Waals surface area contributed by atoms with Crippen LogP contribution in [0.4, 0.5) is 0 Å². The average Bonchev–Trinajstić information content (AvgIpc) is 3.19. The molecule has 1 unspecified atom stereocenters. The molecule has 2 aromatic rings. The smallest absolute Gasteiger partial charge is 0.110 e. The lowest BCUT2D eigenvalue weighted by Crippen LogP contribution is -2.33. The Morgan fingerprint density at radius 3 is 3.00 bits per heavy atom. The first-order chi connectivity index (χ1) is 8.90. The van der Waals surface area contributed by atoms with Crippen LogP contribution in [0.3, 0.4) is 0 Å². The lowest BCUT2D eigenvalue weighted by molar-refractivity contribution is 0.0278. The van der Waals surface area contributed by atoms with Crippen molar-refractivity contribution in [3.63, 3.8) is 0 Å². The average molecular weight is 243 g/mol. The van der Waals surface area contributed by atoms with Crippen molar-refractivity contribution in [2.24, 2.45) is 0 Å². The fraction of sp³-hybridized carbons (Fsp3) is 0.500. The van der Waals surface area contributed by atoms with Crippen LogP contribution in [0, 0.1) is 0 Å². The molecule has 0 spiro atoms. The fourth-order valence-corrected chi connectivity index (χ4v) is 2.58. The number of nitrogens with one attached hydrogen (secondary N) is 2. The number of rotatable bonds is 2. The molecular weight excluding hydrogens is 226 g/mol. The zero-order valence-electron chi connectivity index (χ0n) is 10.3. The van der Waals surface area contributed by atoms with Gasteiger partial charge < -0.3 is 15.0 Å². The second-order valence-electron chi connectivity index (χ2n) is 5.24. The van der Waals surface area contributed by atoms with E-state index in [1.807, 2.05) is 0 Å². The number of aromatic amines is 1. The zero-order chi connectivity index (χ0) is 11.9. The third kappa shape index (κ3) is 1.82. The summed E-state index contributed by atoms with van der Waals surface area (Å²) in [7, 11) is 0. The second kappa shape index (κ2) is 4.07. The maximum Gasteiger partial charge on any atom is 0.110 e. The van der Waals surface area contributed by atoms with Gasteiger partial charge >= 0.3 is 0 Å². The van der Waals surface area contributed by atoms with Gasteiger partial charge in [-0.25, -0.2) is 4.98 Å². The Bertz CT molecular complexity index is 567. The van der Waals surface area contributed by atoms with E-state index >= 15 is 0 Å². The van der Waals surface area contributed by atoms with Gasteiger partial charge in [0.2, 0.25) is 0 Å². The molecule has 0 bridgehead atoms. The van der Waals surface area contributed by atoms with Crippen molar-refractivity contribution in [3.8, 4) is 0 Å². The Morgan fingerprint density at radius 2 is 2.22 bits per heavy atom. The highest BCUT2D eigenvalue weighted by Crippen LogP contribution is 2.39. The van der Waals surface area contributed by atoms with Crippen LogP contribution < -0.4 is 5.32 Å². The van der Waals surface area contributed by atoms with Gasteiger partial charge in [0.05, 0.1) is 23.7 Å². The maximum absolute atomic E-state index is 5.78. The van der Waals surface area contributed by atoms with Gasteiger partial charge in [-0.15, -0.1) is 0 Å². The quantitative estimate of drug-likeness (QED) is 0.849. The Labute approximate surface area is 106 Å². The molecule has 1 aromatic heterocycles. The van der Waals surface area contributed by atoms with E-state index in [9.17, 15) is 0 Å². The Balaban J connectivity index is 1.69. The normalized spacial score (nSPS) is 24.6. The number of benzene rings is 1. The van der Waals surface area contributed by atoms with Crippen LogP contribution in [-0.4, -0.2) is 29.7 Å². The van der Waals surface area contributed by atoms with Crippen LogP contribution in [0.25, 0.3) is 11.0 Å². The van der Waals surface area contributed by atoms with Gasteiger partial charge in [0.15, 0.2) is 0 Å². The minimum atomic E-state index is 0.177. The number of imidazole rings is 1. The second-order valence-corrected chi connectivity index (χ2v) is 5.24. The lowest BCUT2D eigenvalue weighted by Gasteiger charge is -2.23. The molecule has 2 heterocycles. The number of nitrogens with zero attached hydrogens (tertiary/aromatic N) is 1. The highest BCUT2D eigenvalue weighted by atomic mass is 16.5. The summed E-state index contributed by atoms with van der Waals surface area (Å²) in [4.78, 5) is 8.10. The molecular formula is C14H17N3O. The monoisotopic (exact) mass is 243 g/mol. The predicted molar refractivity (Wildman–Crippen MR) is 69.6 cm³/mol. The van der Waals surface area contributed by atoms with Crippen LogP contribution in [-0.2, 0) is 4.74 Å². The minimum Gasteiger partial charge on any atom is -0.371 e. The Hall–Kier alpha value is -1.39. The first kappa shape index (κ1) is 10.5. The van der Waals surface area contributed by atoms with Crippen LogP contribution >= 0.6 is 0 Å². The molecule has 4 nitrogen and oxygen atoms in total. The maximum atomic E-state index is 5.78. The van der Waals surface area contributed by atoms with E-state index in [2.05, 4.69) is 33.5 Å². The predicted octanol–water partition coefficient (Wildman–Crippen LogP) is 2.10. The van der Waals surface area contributed by atoms with Crippen LogP contribution in [0.5, 0.6) is 0 Å². The molecule has 2 N–H and O–H groups in total. The van der Waals surface area contributed by atoms with Crippen molar-refractivity contribution in [1.29, 1.82) is 0 Å². The van der Waals surface area contributed by atoms with Gasteiger partial charge in [-0.1, -0.05) is 6.07 Å². The van der Waals surface area contributed by atoms with E-state index in [0.29, 0.717) is 5.92 Å². The summed E-state index contributed by atoms with van der Waals surface area (Å²) < 4.78 is 5.78. The number of hydrogen-bond donors (Lipinski definition) is 2. The van der Waals surface area contributed by atoms with E-state index in [1.54, 1.807) is 0 Å². The summed E-state index contributed by atoms with van der Waals surface area (Å²) in [5.74, 6) is 1.83. The number of hydrogen-bond acceptors (Lipinski definition) is 3. The third-order valence-electron chi connectivity index (χ3n) is 3.79. The first-order valence-electron chi connectivity index (χ1n) is 6.72. The summed E-state index contributed by atoms with van der Waals surface area (Å²) >= 11 is 0. The number of ether oxygens (including phenoxy) is 1. The summed E-state index contributed by atoms with van der Waals surface area (Å²) in [6.07, 6.45) is 2.74. The highest BCUT2D eigenvalue weighted by molar-refractivity contribution is 5.76. The van der Waals surface area contributed by atoms with Crippen LogP contribution in [0.15, 0.2) is 18.2 Å². The summed E-state index contributed by atoms with van der Waals surface area (Å²) in [5.41, 5.74) is 3.45. The van der Waals surface area contributed by atoms with Crippen molar-refractivity contribution in [3.05, 3.63) is 29.6 Å². The topological polar surface area (TPSA) is 49.9 Å². The Morgan fingerprint density at radius 1 is 1.28 bits per heavy atom. The van der Waals surface area contributed by atoms with Crippen LogP contribution in [0.2, 0.25) is 0 Å². The van der Waals surface area contributed by atoms with Crippen molar-refractivity contribution in [1.82, 2.24) is 15.3 Å². The SMILES string of the molecule is c1cc2nc(C3CC3)[nH]c2cc1C1CNCCO1. The molecule has 0 amide bonds. The van der Waals surface area contributed by atoms with Gasteiger partial charge in [-0.05, 0) is 30.5 Å². The van der Waals surface area contributed by atoms with Gasteiger partial charge in [0.1, 0.15) is 5.82 Å². The van der Waals surface area contributed by atoms with Crippen molar-refractivity contribution in [2.75, 3.05) is 19.7 Å². The van der Waals surface area contributed by atoms with E-state index in [4.69, 9.17) is 4.74 Å². The lowest BCUT2D eigenvalue weighted by atomic mass is 10.1. The van der Waals surface area contributed by atoms with Gasteiger partial charge in [0, 0.05) is 19.0 Å². The number of H-pyrrole nitrogens is 1. The third-order valence-corrected chi connectivity index (χ3v) is 3.79. The van der Waals surface area contributed by atoms with E-state index < -0.39 is 0 Å². The molecule has 4 heteroatoms. The molecule has 2 aliphatic rings. The number of aromatic nitrogens is 2. The summed E-state index contributed by atoms with van der Waals surface area (Å²) in [6, 6.07) is 6.43. The highest BCUT2D eigenvalue weighted by Gasteiger charge is 2.27. The van der Waals surface area contributed by atoms with Crippen LogP contribution in [0.1, 0.15) is 36.3 Å². The van der Waals surface area contributed by atoms with E-state index in [-0.39, 0.29) is 6.10 Å². The zero-order valence-corrected chi connectivity index (χ0v) is 10.3. The molecule has 4 rings (SSSR count). The van der Waals surface area contributed by atoms with Gasteiger partial charge in [-0.3, -0.25) is 0 Å². The summed E-state index contributed by atoms with van der Waals surface area (Å²) in [6.45, 7) is 2.64. The molecule has 1 saturated carbocycles. The minimum absolute atomic E-state index is 0.177. The molecule has 94 valence electrons. The Kier molecular flexibility index (Phi) is 2.38. The number of fused-ring (bicyclic) bond motifs is 1. The van der Waals surface area contributed by atoms with Gasteiger partial charge in [-0.2, -0.15) is 0 Å². The van der Waals surface area contributed by atoms with E-state index in [1.165, 1.54) is 18.4 Å². The molecule has 2 fully saturated rings. The molecule has 0 radical (unpaired) electrons. The van der Waals surface area contributed by atoms with E-state index in [0.717, 1.165) is 36.6 Å². The molecule has 1 aliphatic heterocycles. The van der Waals surface area contributed by atoms with Gasteiger partial charge in [0.25, 0.3) is 0 Å². The molecule has 18 heavy (non-hydrogen) atoms. The molecule has 1 aliphatic carbocycles. The van der Waals surface area contributed by atoms with Crippen molar-refractivity contribution in [2.45, 2.75) is 24.9 Å².